The van der Waals surface area contributed by atoms with E-state index in [9.17, 15) is 14.4 Å². The Hall–Kier alpha value is -2.15. The Bertz CT molecular complexity index is 574. The van der Waals surface area contributed by atoms with Crippen molar-refractivity contribution in [2.75, 3.05) is 0 Å². The normalized spacial score (nSPS) is 12.0. The third-order valence-corrected chi connectivity index (χ3v) is 2.84. The molecular formula is C13H15ClN2O5. The van der Waals surface area contributed by atoms with Crippen LogP contribution < -0.4 is 5.32 Å². The highest BCUT2D eigenvalue weighted by Crippen LogP contribution is 2.17. The lowest BCUT2D eigenvalue weighted by molar-refractivity contribution is -0.145. The maximum atomic E-state index is 12.0. The van der Waals surface area contributed by atoms with E-state index in [0.29, 0.717) is 5.69 Å². The van der Waals surface area contributed by atoms with Gasteiger partial charge in [-0.2, -0.15) is 0 Å². The Kier molecular flexibility index (Phi) is 5.66. The van der Waals surface area contributed by atoms with Gasteiger partial charge in [-0.15, -0.1) is 0 Å². The Morgan fingerprint density at radius 3 is 2.38 bits per heavy atom. The molecule has 0 unspecified atom stereocenters. The monoisotopic (exact) mass is 314 g/mol. The van der Waals surface area contributed by atoms with Gasteiger partial charge in [0, 0.05) is 11.3 Å². The van der Waals surface area contributed by atoms with E-state index in [1.807, 2.05) is 13.8 Å². The number of amides is 1. The van der Waals surface area contributed by atoms with E-state index in [1.54, 1.807) is 0 Å². The van der Waals surface area contributed by atoms with Crippen molar-refractivity contribution in [1.29, 1.82) is 0 Å². The summed E-state index contributed by atoms with van der Waals surface area (Å²) >= 11 is 5.82. The lowest BCUT2D eigenvalue weighted by Gasteiger charge is -2.13. The minimum atomic E-state index is -1.51. The smallest absolute Gasteiger partial charge is 0.326 e. The minimum absolute atomic E-state index is 0.0320. The van der Waals surface area contributed by atoms with Gasteiger partial charge in [-0.25, -0.2) is 9.78 Å². The van der Waals surface area contributed by atoms with Crippen molar-refractivity contribution in [3.05, 3.63) is 28.5 Å². The number of hydrogen-bond donors (Lipinski definition) is 3. The van der Waals surface area contributed by atoms with Crippen LogP contribution in [0.1, 0.15) is 42.2 Å². The number of carbonyl (C=O) groups excluding carboxylic acids is 1. The SMILES string of the molecule is CC(C)c1cc(C(=O)N[C@H](CC(=O)O)C(=O)O)cc(Cl)n1. The summed E-state index contributed by atoms with van der Waals surface area (Å²) in [5.74, 6) is -3.42. The van der Waals surface area contributed by atoms with Gasteiger partial charge in [0.15, 0.2) is 0 Å². The molecule has 1 atom stereocenters. The summed E-state index contributed by atoms with van der Waals surface area (Å²) in [6, 6.07) is 1.28. The summed E-state index contributed by atoms with van der Waals surface area (Å²) in [6.07, 6.45) is -0.711. The molecule has 0 saturated carbocycles. The number of aromatic nitrogens is 1. The molecule has 0 fully saturated rings. The Morgan fingerprint density at radius 1 is 1.29 bits per heavy atom. The van der Waals surface area contributed by atoms with E-state index in [2.05, 4.69) is 10.3 Å². The number of carbonyl (C=O) groups is 3. The molecule has 7 nitrogen and oxygen atoms in total. The summed E-state index contributed by atoms with van der Waals surface area (Å²) in [4.78, 5) is 37.6. The first-order valence-electron chi connectivity index (χ1n) is 6.13. The average Bonchev–Trinajstić information content (AvgIpc) is 2.36. The molecule has 0 aliphatic rings. The Balaban J connectivity index is 2.97. The second kappa shape index (κ2) is 7.03. The number of hydrogen-bond acceptors (Lipinski definition) is 4. The third kappa shape index (κ3) is 5.03. The van der Waals surface area contributed by atoms with Gasteiger partial charge >= 0.3 is 11.9 Å². The van der Waals surface area contributed by atoms with Gasteiger partial charge in [0.25, 0.3) is 5.91 Å². The first-order valence-corrected chi connectivity index (χ1v) is 6.51. The Labute approximate surface area is 125 Å². The molecule has 1 heterocycles. The van der Waals surface area contributed by atoms with Crippen LogP contribution in [0.3, 0.4) is 0 Å². The van der Waals surface area contributed by atoms with Crippen molar-refractivity contribution < 1.29 is 24.6 Å². The van der Waals surface area contributed by atoms with Crippen molar-refractivity contribution in [2.45, 2.75) is 32.2 Å². The quantitative estimate of drug-likeness (QED) is 0.685. The molecule has 0 bridgehead atoms. The van der Waals surface area contributed by atoms with Crippen LogP contribution in [0.4, 0.5) is 0 Å². The zero-order chi connectivity index (χ0) is 16.2. The zero-order valence-corrected chi connectivity index (χ0v) is 12.2. The number of carboxylic acids is 2. The van der Waals surface area contributed by atoms with Gasteiger partial charge < -0.3 is 15.5 Å². The van der Waals surface area contributed by atoms with Crippen LogP contribution in [0.5, 0.6) is 0 Å². The van der Waals surface area contributed by atoms with Crippen molar-refractivity contribution >= 4 is 29.4 Å². The lowest BCUT2D eigenvalue weighted by atomic mass is 10.1. The molecule has 0 saturated heterocycles. The van der Waals surface area contributed by atoms with Crippen molar-refractivity contribution in [2.24, 2.45) is 0 Å². The van der Waals surface area contributed by atoms with Gasteiger partial charge in [0.05, 0.1) is 6.42 Å². The van der Waals surface area contributed by atoms with E-state index in [4.69, 9.17) is 21.8 Å². The van der Waals surface area contributed by atoms with Crippen LogP contribution in [0, 0.1) is 0 Å². The molecule has 0 aromatic carbocycles. The first kappa shape index (κ1) is 16.9. The molecule has 1 amide bonds. The fraction of sp³-hybridized carbons (Fsp3) is 0.385. The average molecular weight is 315 g/mol. The number of rotatable bonds is 6. The van der Waals surface area contributed by atoms with Gasteiger partial charge in [-0.1, -0.05) is 25.4 Å². The summed E-state index contributed by atoms with van der Waals surface area (Å²) in [6.45, 7) is 3.73. The first-order chi connectivity index (χ1) is 9.70. The second-order valence-electron chi connectivity index (χ2n) is 4.72. The lowest BCUT2D eigenvalue weighted by Crippen LogP contribution is -2.42. The molecular weight excluding hydrogens is 300 g/mol. The molecule has 0 aliphatic carbocycles. The Morgan fingerprint density at radius 2 is 1.90 bits per heavy atom. The van der Waals surface area contributed by atoms with Crippen LogP contribution in [0.25, 0.3) is 0 Å². The maximum absolute atomic E-state index is 12.0. The molecule has 1 aromatic heterocycles. The molecule has 1 aromatic rings. The summed E-state index contributed by atoms with van der Waals surface area (Å²) < 4.78 is 0. The van der Waals surface area contributed by atoms with E-state index in [0.717, 1.165) is 0 Å². The van der Waals surface area contributed by atoms with Crippen LogP contribution in [0.15, 0.2) is 12.1 Å². The predicted molar refractivity (Wildman–Crippen MR) is 74.5 cm³/mol. The van der Waals surface area contributed by atoms with Crippen LogP contribution in [0.2, 0.25) is 5.15 Å². The van der Waals surface area contributed by atoms with Crippen LogP contribution in [-0.4, -0.2) is 39.1 Å². The minimum Gasteiger partial charge on any atom is -0.481 e. The summed E-state index contributed by atoms with van der Waals surface area (Å²) in [5.41, 5.74) is 0.716. The maximum Gasteiger partial charge on any atom is 0.326 e. The standard InChI is InChI=1S/C13H15ClN2O5/c1-6(2)8-3-7(4-10(14)15-8)12(19)16-9(13(20)21)5-11(17)18/h3-4,6,9H,5H2,1-2H3,(H,16,19)(H,17,18)(H,20,21)/t9-/m1/s1. The highest BCUT2D eigenvalue weighted by Gasteiger charge is 2.24. The highest BCUT2D eigenvalue weighted by atomic mass is 35.5. The fourth-order valence-electron chi connectivity index (χ4n) is 1.56. The van der Waals surface area contributed by atoms with Gasteiger partial charge in [-0.3, -0.25) is 9.59 Å². The predicted octanol–water partition coefficient (Wildman–Crippen LogP) is 1.52. The number of carboxylic acid groups (broad SMARTS) is 2. The molecule has 8 heteroatoms. The number of halogens is 1. The zero-order valence-electron chi connectivity index (χ0n) is 11.5. The molecule has 0 aliphatic heterocycles. The van der Waals surface area contributed by atoms with Crippen LogP contribution in [-0.2, 0) is 9.59 Å². The number of pyridine rings is 1. The van der Waals surface area contributed by atoms with Crippen molar-refractivity contribution in [3.63, 3.8) is 0 Å². The molecule has 3 N–H and O–H groups in total. The summed E-state index contributed by atoms with van der Waals surface area (Å²) in [5, 5.41) is 19.8. The van der Waals surface area contributed by atoms with E-state index in [1.165, 1.54) is 12.1 Å². The molecule has 1 rings (SSSR count). The van der Waals surface area contributed by atoms with E-state index in [-0.39, 0.29) is 16.6 Å². The molecule has 0 radical (unpaired) electrons. The summed E-state index contributed by atoms with van der Waals surface area (Å²) in [7, 11) is 0. The molecule has 0 spiro atoms. The number of aliphatic carboxylic acids is 2. The largest absolute Gasteiger partial charge is 0.481 e. The molecule has 21 heavy (non-hydrogen) atoms. The van der Waals surface area contributed by atoms with Gasteiger partial charge in [0.1, 0.15) is 11.2 Å². The topological polar surface area (TPSA) is 117 Å². The van der Waals surface area contributed by atoms with Crippen LogP contribution >= 0.6 is 11.6 Å². The molecule has 114 valence electrons. The van der Waals surface area contributed by atoms with Gasteiger partial charge in [0.2, 0.25) is 0 Å². The van der Waals surface area contributed by atoms with E-state index >= 15 is 0 Å². The highest BCUT2D eigenvalue weighted by molar-refractivity contribution is 6.29. The second-order valence-corrected chi connectivity index (χ2v) is 5.11. The van der Waals surface area contributed by atoms with E-state index < -0.39 is 30.3 Å². The third-order valence-electron chi connectivity index (χ3n) is 2.65. The fourth-order valence-corrected chi connectivity index (χ4v) is 1.78. The van der Waals surface area contributed by atoms with Gasteiger partial charge in [-0.05, 0) is 18.1 Å². The van der Waals surface area contributed by atoms with Crippen molar-refractivity contribution in [3.8, 4) is 0 Å². The number of nitrogens with one attached hydrogen (secondary N) is 1. The van der Waals surface area contributed by atoms with Crippen molar-refractivity contribution in [1.82, 2.24) is 10.3 Å². The number of nitrogens with zero attached hydrogens (tertiary/aromatic N) is 1.